The summed E-state index contributed by atoms with van der Waals surface area (Å²) in [6, 6.07) is 23.8. The number of sulfone groups is 2. The van der Waals surface area contributed by atoms with Crippen LogP contribution >= 0.6 is 0 Å². The van der Waals surface area contributed by atoms with E-state index < -0.39 is 55.1 Å². The number of fused-ring (bicyclic) bond motifs is 1. The number of allylic oxidation sites excluding steroid dienone is 3. The third-order valence-corrected chi connectivity index (χ3v) is 13.6. The number of carbonyl (C=O) groups is 5. The molecule has 438 valence electrons. The Labute approximate surface area is 483 Å². The molecule has 3 aromatic carbocycles. The van der Waals surface area contributed by atoms with Gasteiger partial charge in [-0.1, -0.05) is 157 Å². The maximum Gasteiger partial charge on any atom is 0.389 e. The van der Waals surface area contributed by atoms with Crippen LogP contribution in [0.5, 0.6) is 5.75 Å². The molecule has 18 heteroatoms. The second-order valence-electron chi connectivity index (χ2n) is 17.1. The average Bonchev–Trinajstić information content (AvgIpc) is 3.52. The molecule has 16 nitrogen and oxygen atoms in total. The van der Waals surface area contributed by atoms with Crippen molar-refractivity contribution in [3.05, 3.63) is 138 Å². The van der Waals surface area contributed by atoms with E-state index in [2.05, 4.69) is 58.8 Å². The van der Waals surface area contributed by atoms with E-state index in [0.29, 0.717) is 25.4 Å². The van der Waals surface area contributed by atoms with Gasteiger partial charge in [0.15, 0.2) is 19.7 Å². The molecule has 4 aromatic rings. The highest BCUT2D eigenvalue weighted by Crippen LogP contribution is 2.19. The van der Waals surface area contributed by atoms with E-state index in [0.717, 1.165) is 37.1 Å². The first-order chi connectivity index (χ1) is 39.5. The van der Waals surface area contributed by atoms with Crippen molar-refractivity contribution in [1.29, 1.82) is 0 Å². The van der Waals surface area contributed by atoms with Crippen LogP contribution in [0.2, 0.25) is 0 Å². The first-order valence-corrected chi connectivity index (χ1v) is 30.3. The molecule has 0 aliphatic heterocycles. The van der Waals surface area contributed by atoms with Crippen LogP contribution in [0.4, 0.5) is 0 Å². The maximum absolute atomic E-state index is 12.0. The molecule has 0 N–H and O–H groups in total. The largest absolute Gasteiger partial charge is 0.463 e. The van der Waals surface area contributed by atoms with Gasteiger partial charge in [-0.3, -0.25) is 0 Å². The van der Waals surface area contributed by atoms with Crippen LogP contribution < -0.4 is 10.4 Å². The van der Waals surface area contributed by atoms with Crippen molar-refractivity contribution >= 4 is 60.5 Å². The van der Waals surface area contributed by atoms with Gasteiger partial charge in [0, 0.05) is 47.4 Å². The number of esters is 5. The minimum atomic E-state index is -3.44. The Morgan fingerprint density at radius 2 is 1.02 bits per heavy atom. The van der Waals surface area contributed by atoms with Crippen LogP contribution in [0.1, 0.15) is 118 Å². The molecule has 0 fully saturated rings. The number of benzene rings is 3. The fourth-order valence-corrected chi connectivity index (χ4v) is 8.55. The molecule has 1 heterocycles. The fourth-order valence-electron chi connectivity index (χ4n) is 6.42. The Bertz CT molecular complexity index is 3190. The van der Waals surface area contributed by atoms with E-state index in [-0.39, 0.29) is 33.7 Å². The van der Waals surface area contributed by atoms with E-state index in [9.17, 15) is 45.6 Å². The highest BCUT2D eigenvalue weighted by molar-refractivity contribution is 7.91. The summed E-state index contributed by atoms with van der Waals surface area (Å²) >= 11 is 0. The molecule has 0 atom stereocenters. The van der Waals surface area contributed by atoms with Crippen LogP contribution in [0.3, 0.4) is 0 Å². The van der Waals surface area contributed by atoms with E-state index in [1.807, 2.05) is 5.92 Å². The van der Waals surface area contributed by atoms with Crippen molar-refractivity contribution in [2.75, 3.05) is 37.9 Å². The van der Waals surface area contributed by atoms with Crippen LogP contribution in [0.25, 0.3) is 11.0 Å². The molecule has 0 spiro atoms. The van der Waals surface area contributed by atoms with Crippen LogP contribution in [-0.2, 0) is 62.6 Å². The van der Waals surface area contributed by atoms with E-state index in [4.69, 9.17) is 25.1 Å². The lowest BCUT2D eigenvalue weighted by molar-refractivity contribution is -0.138. The van der Waals surface area contributed by atoms with Crippen molar-refractivity contribution < 1.29 is 68.9 Å². The minimum absolute atomic E-state index is 0.183. The summed E-state index contributed by atoms with van der Waals surface area (Å²) in [5.41, 5.74) is -0.122. The van der Waals surface area contributed by atoms with Gasteiger partial charge in [-0.15, -0.1) is 6.42 Å². The first-order valence-electron chi connectivity index (χ1n) is 27.0. The molecular formula is C64H74O16S2. The number of carbonyl (C=O) groups excluding carboxylic acids is 5. The molecular weight excluding hydrogens is 1090 g/mol. The first kappa shape index (κ1) is 71.6. The van der Waals surface area contributed by atoms with Gasteiger partial charge in [-0.2, -0.15) is 0 Å². The summed E-state index contributed by atoms with van der Waals surface area (Å²) in [6.07, 6.45) is 29.1. The van der Waals surface area contributed by atoms with Crippen molar-refractivity contribution in [1.82, 2.24) is 0 Å². The van der Waals surface area contributed by atoms with Crippen molar-refractivity contribution in [2.45, 2.75) is 127 Å². The van der Waals surface area contributed by atoms with Gasteiger partial charge in [0.05, 0.1) is 42.0 Å². The second-order valence-corrected chi connectivity index (χ2v) is 21.1. The summed E-state index contributed by atoms with van der Waals surface area (Å²) in [5.74, 6) is 13.2. The predicted molar refractivity (Wildman–Crippen MR) is 316 cm³/mol. The highest BCUT2D eigenvalue weighted by atomic mass is 32.2. The summed E-state index contributed by atoms with van der Waals surface area (Å²) in [7, 11) is -6.84. The molecule has 0 aliphatic carbocycles. The number of hydrogen-bond donors (Lipinski definition) is 0. The van der Waals surface area contributed by atoms with Crippen molar-refractivity contribution in [2.24, 2.45) is 0 Å². The van der Waals surface area contributed by atoms with Crippen LogP contribution in [-0.4, -0.2) is 84.6 Å². The zero-order valence-corrected chi connectivity index (χ0v) is 48.8. The normalized spacial score (nSPS) is 10.5. The lowest BCUT2D eigenvalue weighted by atomic mass is 10.1. The summed E-state index contributed by atoms with van der Waals surface area (Å²) in [4.78, 5) is 66.6. The van der Waals surface area contributed by atoms with Crippen LogP contribution in [0, 0.1) is 47.9 Å². The van der Waals surface area contributed by atoms with E-state index in [1.165, 1.54) is 131 Å². The molecule has 0 aliphatic rings. The topological polar surface area (TPSA) is 230 Å². The molecule has 0 saturated carbocycles. The molecule has 4 rings (SSSR count). The average molecular weight is 1160 g/mol. The Morgan fingerprint density at radius 1 is 0.537 bits per heavy atom. The number of terminal acetylenes is 1. The summed E-state index contributed by atoms with van der Waals surface area (Å²) in [5, 5.41) is 0.736. The molecule has 82 heavy (non-hydrogen) atoms. The van der Waals surface area contributed by atoms with Gasteiger partial charge in [0.25, 0.3) is 0 Å². The lowest BCUT2D eigenvalue weighted by Gasteiger charge is -2.02. The smallest absolute Gasteiger partial charge is 0.389 e. The molecule has 0 unspecified atom stereocenters. The van der Waals surface area contributed by atoms with Gasteiger partial charge in [-0.25, -0.2) is 45.6 Å². The van der Waals surface area contributed by atoms with Crippen LogP contribution in [0.15, 0.2) is 146 Å². The zero-order valence-electron chi connectivity index (χ0n) is 47.2. The molecule has 0 bridgehead atoms. The minimum Gasteiger partial charge on any atom is -0.463 e. The fraction of sp³-hybridized carbons (Fsp3) is 0.375. The third kappa shape index (κ3) is 36.7. The SMILES string of the molecule is C#CC(=O)Oc1ccc2ccc(=O)oc2c1.CCCCCCCCCOC(=O)C#C/C=C/C(=O)OCCCCCCCCC.CCOC(=O)C#C/C=C/C(=O)OCC.O=S(=O)(CC#C/C=C/CS(=O)(=O)c1ccccc1)c1ccccc1. The molecule has 0 radical (unpaired) electrons. The highest BCUT2D eigenvalue weighted by Gasteiger charge is 2.12. The lowest BCUT2D eigenvalue weighted by Crippen LogP contribution is -2.04. The maximum atomic E-state index is 12.0. The molecule has 1 aromatic heterocycles. The summed E-state index contributed by atoms with van der Waals surface area (Å²) < 4.78 is 76.9. The number of hydrogen-bond acceptors (Lipinski definition) is 16. The Balaban J connectivity index is 0.000000566. The second kappa shape index (κ2) is 45.3. The van der Waals surface area contributed by atoms with E-state index in [1.54, 1.807) is 68.4 Å². The van der Waals surface area contributed by atoms with Gasteiger partial charge in [-0.05, 0) is 87.4 Å². The Morgan fingerprint density at radius 3 is 1.56 bits per heavy atom. The van der Waals surface area contributed by atoms with E-state index >= 15 is 0 Å². The monoisotopic (exact) mass is 1160 g/mol. The molecule has 0 amide bonds. The van der Waals surface area contributed by atoms with Gasteiger partial charge in [0.2, 0.25) is 0 Å². The Hall–Kier alpha value is -8.42. The number of rotatable bonds is 26. The van der Waals surface area contributed by atoms with Crippen molar-refractivity contribution in [3.8, 4) is 53.6 Å². The van der Waals surface area contributed by atoms with Gasteiger partial charge < -0.3 is 28.1 Å². The standard InChI is InChI=1S/C24H40O4.C18H16O4S2.C12H6O4.C10H12O4/c1-3-5-7-9-11-13-17-21-27-23(25)19-15-16-20-24(26)28-22-18-14-12-10-8-6-4-2;19-23(20,17-11-5-3-6-12-17)15-9-1-2-10-16-24(21,22)18-13-7-4-8-14-18;1-2-11(13)15-9-5-3-8-4-6-12(14)16-10(8)7-9;1-3-13-9(11)7-5-6-8-10(12)14-4-2/h15,19H,3-14,17-18,21-22H2,1-2H3;1,3-9,11-14H,15-16H2;1,3-7H;5,7H,3-4H2,1-2H3/b19-15+;9-1+;;7-5+. The van der Waals surface area contributed by atoms with Gasteiger partial charge >= 0.3 is 35.5 Å². The number of ether oxygens (including phenoxy) is 5. The molecule has 0 saturated heterocycles. The summed E-state index contributed by atoms with van der Waals surface area (Å²) in [6.45, 7) is 9.25. The van der Waals surface area contributed by atoms with Crippen molar-refractivity contribution in [3.63, 3.8) is 0 Å². The zero-order chi connectivity index (χ0) is 60.5. The quantitative estimate of drug-likeness (QED) is 0.00832. The Kier molecular flexibility index (Phi) is 39.6. The number of unbranched alkanes of at least 4 members (excludes halogenated alkanes) is 12. The van der Waals surface area contributed by atoms with Gasteiger partial charge in [0.1, 0.15) is 17.1 Å². The predicted octanol–water partition coefficient (Wildman–Crippen LogP) is 10.6. The third-order valence-electron chi connectivity index (χ3n) is 10.5.